The molecule has 3 nitrogen and oxygen atoms in total. The summed E-state index contributed by atoms with van der Waals surface area (Å²) >= 11 is 0. The smallest absolute Gasteiger partial charge is 0.317 e. The fraction of sp³-hybridized carbons (Fsp3) is 0.500. The summed E-state index contributed by atoms with van der Waals surface area (Å²) in [6.45, 7) is 6.78. The minimum Gasteiger partial charge on any atom is -0.372 e. The molecular formula is C12H19Cl2NO2S. The van der Waals surface area contributed by atoms with Crippen molar-refractivity contribution in [1.29, 1.82) is 0 Å². The molecule has 1 aromatic carbocycles. The summed E-state index contributed by atoms with van der Waals surface area (Å²) in [7, 11) is 4.81. The highest BCUT2D eigenvalue weighted by Crippen LogP contribution is 2.13. The third-order valence-corrected chi connectivity index (χ3v) is 2.11. The Morgan fingerprint density at radius 2 is 1.39 bits per heavy atom. The average molecular weight is 312 g/mol. The van der Waals surface area contributed by atoms with Crippen molar-refractivity contribution in [2.75, 3.05) is 18.0 Å². The topological polar surface area (TPSA) is 37.4 Å². The summed E-state index contributed by atoms with van der Waals surface area (Å²) in [5.74, 6) is 0. The summed E-state index contributed by atoms with van der Waals surface area (Å²) < 4.78 is 18.3. The van der Waals surface area contributed by atoms with Crippen LogP contribution >= 0.6 is 21.4 Å². The van der Waals surface area contributed by atoms with Crippen LogP contribution in [-0.2, 0) is 8.26 Å². The average Bonchev–Trinajstić information content (AvgIpc) is 2.28. The van der Waals surface area contributed by atoms with Crippen LogP contribution in [0.25, 0.3) is 0 Å². The summed E-state index contributed by atoms with van der Waals surface area (Å²) in [4.78, 5) is 2.44. The normalized spacial score (nSPS) is 10.4. The van der Waals surface area contributed by atoms with Gasteiger partial charge in [-0.05, 0) is 25.0 Å². The lowest BCUT2D eigenvalue weighted by Gasteiger charge is -2.23. The lowest BCUT2D eigenvalue weighted by atomic mass is 10.2. The van der Waals surface area contributed by atoms with Crippen molar-refractivity contribution in [2.45, 2.75) is 26.7 Å². The van der Waals surface area contributed by atoms with Gasteiger partial charge < -0.3 is 4.90 Å². The van der Waals surface area contributed by atoms with E-state index in [1.807, 2.05) is 0 Å². The first-order valence-electron chi connectivity index (χ1n) is 5.82. The SMILES string of the molecule is CCCN(CCC)c1ccccc1.O=S(=O)(Cl)Cl. The highest BCUT2D eigenvalue weighted by atomic mass is 36.0. The van der Waals surface area contributed by atoms with E-state index in [1.165, 1.54) is 18.5 Å². The Bertz CT molecular complexity index is 395. The van der Waals surface area contributed by atoms with Crippen LogP contribution in [0, 0.1) is 0 Å². The number of rotatable bonds is 5. The van der Waals surface area contributed by atoms with Crippen LogP contribution in [0.1, 0.15) is 26.7 Å². The maximum atomic E-state index is 9.16. The summed E-state index contributed by atoms with van der Waals surface area (Å²) in [5.41, 5.74) is 1.35. The van der Waals surface area contributed by atoms with Crippen molar-refractivity contribution in [3.05, 3.63) is 30.3 Å². The van der Waals surface area contributed by atoms with Crippen molar-refractivity contribution in [3.8, 4) is 0 Å². The van der Waals surface area contributed by atoms with Crippen LogP contribution in [0.15, 0.2) is 30.3 Å². The van der Waals surface area contributed by atoms with E-state index >= 15 is 0 Å². The zero-order valence-electron chi connectivity index (χ0n) is 10.6. The molecule has 0 atom stereocenters. The third-order valence-electron chi connectivity index (χ3n) is 2.11. The number of hydrogen-bond acceptors (Lipinski definition) is 3. The number of para-hydroxylation sites is 1. The molecule has 0 aliphatic heterocycles. The first-order chi connectivity index (χ1) is 8.38. The predicted octanol–water partition coefficient (Wildman–Crippen LogP) is 4.02. The van der Waals surface area contributed by atoms with Gasteiger partial charge >= 0.3 is 8.26 Å². The van der Waals surface area contributed by atoms with Crippen molar-refractivity contribution in [2.24, 2.45) is 0 Å². The molecule has 18 heavy (non-hydrogen) atoms. The van der Waals surface area contributed by atoms with Crippen molar-refractivity contribution in [3.63, 3.8) is 0 Å². The van der Waals surface area contributed by atoms with Gasteiger partial charge in [-0.15, -0.1) is 0 Å². The molecule has 0 saturated carbocycles. The largest absolute Gasteiger partial charge is 0.372 e. The Morgan fingerprint density at radius 1 is 1.00 bits per heavy atom. The molecule has 0 radical (unpaired) electrons. The second kappa shape index (κ2) is 9.48. The van der Waals surface area contributed by atoms with E-state index in [0.29, 0.717) is 0 Å². The van der Waals surface area contributed by atoms with Crippen LogP contribution in [-0.4, -0.2) is 21.5 Å². The molecular weight excluding hydrogens is 293 g/mol. The summed E-state index contributed by atoms with van der Waals surface area (Å²) in [5, 5.41) is 0. The predicted molar refractivity (Wildman–Crippen MR) is 79.9 cm³/mol. The lowest BCUT2D eigenvalue weighted by molar-refractivity contribution is 0.621. The van der Waals surface area contributed by atoms with E-state index in [-0.39, 0.29) is 0 Å². The molecule has 0 amide bonds. The van der Waals surface area contributed by atoms with Gasteiger partial charge in [0.2, 0.25) is 0 Å². The van der Waals surface area contributed by atoms with Crippen LogP contribution in [0.2, 0.25) is 0 Å². The van der Waals surface area contributed by atoms with E-state index in [2.05, 4.69) is 70.4 Å². The van der Waals surface area contributed by atoms with Gasteiger partial charge in [-0.25, -0.2) is 0 Å². The van der Waals surface area contributed by atoms with E-state index in [1.54, 1.807) is 0 Å². The highest BCUT2D eigenvalue weighted by Gasteiger charge is 2.01. The molecule has 104 valence electrons. The van der Waals surface area contributed by atoms with Crippen LogP contribution in [0.5, 0.6) is 0 Å². The van der Waals surface area contributed by atoms with E-state index in [4.69, 9.17) is 8.42 Å². The van der Waals surface area contributed by atoms with Gasteiger partial charge in [0.25, 0.3) is 0 Å². The number of nitrogens with zero attached hydrogens (tertiary/aromatic N) is 1. The molecule has 1 aromatic rings. The van der Waals surface area contributed by atoms with E-state index in [0.717, 1.165) is 13.1 Å². The lowest BCUT2D eigenvalue weighted by Crippen LogP contribution is -2.24. The summed E-state index contributed by atoms with van der Waals surface area (Å²) in [6.07, 6.45) is 2.43. The molecule has 0 saturated heterocycles. The molecule has 0 bridgehead atoms. The monoisotopic (exact) mass is 311 g/mol. The molecule has 0 aliphatic rings. The minimum atomic E-state index is -3.72. The zero-order chi connectivity index (χ0) is 14.0. The van der Waals surface area contributed by atoms with Crippen LogP contribution in [0.4, 0.5) is 5.69 Å². The number of benzene rings is 1. The van der Waals surface area contributed by atoms with Crippen molar-refractivity contribution < 1.29 is 8.42 Å². The first kappa shape index (κ1) is 17.6. The van der Waals surface area contributed by atoms with E-state index < -0.39 is 8.26 Å². The highest BCUT2D eigenvalue weighted by molar-refractivity contribution is 8.31. The molecule has 0 spiro atoms. The molecule has 6 heteroatoms. The Balaban J connectivity index is 0.000000494. The van der Waals surface area contributed by atoms with E-state index in [9.17, 15) is 0 Å². The van der Waals surface area contributed by atoms with Gasteiger partial charge in [0.1, 0.15) is 0 Å². The Kier molecular flexibility index (Phi) is 9.24. The molecule has 1 rings (SSSR count). The quantitative estimate of drug-likeness (QED) is 0.771. The third kappa shape index (κ3) is 10.7. The van der Waals surface area contributed by atoms with Gasteiger partial charge in [-0.1, -0.05) is 32.0 Å². The van der Waals surface area contributed by atoms with Crippen LogP contribution in [0.3, 0.4) is 0 Å². The maximum Gasteiger partial charge on any atom is 0.317 e. The fourth-order valence-electron chi connectivity index (χ4n) is 1.55. The number of anilines is 1. The second-order valence-electron chi connectivity index (χ2n) is 3.70. The fourth-order valence-corrected chi connectivity index (χ4v) is 1.55. The minimum absolute atomic E-state index is 1.16. The van der Waals surface area contributed by atoms with Crippen molar-refractivity contribution in [1.82, 2.24) is 0 Å². The molecule has 0 aromatic heterocycles. The Labute approximate surface area is 119 Å². The van der Waals surface area contributed by atoms with Crippen molar-refractivity contribution >= 4 is 35.3 Å². The molecule has 0 heterocycles. The number of halogens is 2. The molecule has 0 unspecified atom stereocenters. The standard InChI is InChI=1S/C12H19N.Cl2O2S/c1-3-10-13(11-4-2)12-8-6-5-7-9-12;1-5(2,3)4/h5-9H,3-4,10-11H2,1-2H3;. The Morgan fingerprint density at radius 3 is 1.72 bits per heavy atom. The van der Waals surface area contributed by atoms with Gasteiger partial charge in [0.15, 0.2) is 0 Å². The number of hydrogen-bond donors (Lipinski definition) is 0. The van der Waals surface area contributed by atoms with Gasteiger partial charge in [0, 0.05) is 40.1 Å². The van der Waals surface area contributed by atoms with Crippen LogP contribution < -0.4 is 4.90 Å². The Hall–Kier alpha value is -0.450. The van der Waals surface area contributed by atoms with Gasteiger partial charge in [-0.3, -0.25) is 0 Å². The zero-order valence-corrected chi connectivity index (χ0v) is 13.0. The maximum absolute atomic E-state index is 9.16. The second-order valence-corrected chi connectivity index (χ2v) is 7.37. The molecule has 0 N–H and O–H groups in total. The summed E-state index contributed by atoms with van der Waals surface area (Å²) in [6, 6.07) is 10.7. The molecule has 0 aliphatic carbocycles. The molecule has 0 fully saturated rings. The van der Waals surface area contributed by atoms with Gasteiger partial charge in [-0.2, -0.15) is 8.42 Å². The van der Waals surface area contributed by atoms with Gasteiger partial charge in [0.05, 0.1) is 0 Å². The first-order valence-corrected chi connectivity index (χ1v) is 8.96.